The molecule has 2 unspecified atom stereocenters. The van der Waals surface area contributed by atoms with E-state index in [0.29, 0.717) is 12.6 Å². The summed E-state index contributed by atoms with van der Waals surface area (Å²) in [7, 11) is 0. The molecule has 0 aliphatic rings. The maximum Gasteiger partial charge on any atom is 0.0446 e. The first-order valence-corrected chi connectivity index (χ1v) is 7.32. The van der Waals surface area contributed by atoms with Crippen LogP contribution in [0.15, 0.2) is 0 Å². The molecule has 2 nitrogen and oxygen atoms in total. The molecule has 0 bridgehead atoms. The summed E-state index contributed by atoms with van der Waals surface area (Å²) >= 11 is 2.01. The van der Waals surface area contributed by atoms with E-state index in [0.717, 1.165) is 31.1 Å². The number of hydrogen-bond acceptors (Lipinski definition) is 3. The predicted molar refractivity (Wildman–Crippen MR) is 70.6 cm³/mol. The van der Waals surface area contributed by atoms with Crippen LogP contribution in [0.4, 0.5) is 0 Å². The number of hydrogen-bond donors (Lipinski definition) is 2. The molecule has 0 aromatic rings. The van der Waals surface area contributed by atoms with Gasteiger partial charge in [0.2, 0.25) is 0 Å². The van der Waals surface area contributed by atoms with Gasteiger partial charge in [-0.05, 0) is 31.1 Å². The summed E-state index contributed by atoms with van der Waals surface area (Å²) in [6.45, 7) is 8.08. The van der Waals surface area contributed by atoms with Gasteiger partial charge in [-0.2, -0.15) is 11.8 Å². The second-order valence-corrected chi connectivity index (χ2v) is 5.29. The van der Waals surface area contributed by atoms with Crippen LogP contribution in [-0.2, 0) is 0 Å². The highest BCUT2D eigenvalue weighted by Gasteiger charge is 2.07. The van der Waals surface area contributed by atoms with Gasteiger partial charge in [0, 0.05) is 18.4 Å². The van der Waals surface area contributed by atoms with Crippen LogP contribution in [0, 0.1) is 5.92 Å². The van der Waals surface area contributed by atoms with Crippen molar-refractivity contribution in [3.63, 3.8) is 0 Å². The Morgan fingerprint density at radius 3 is 2.53 bits per heavy atom. The highest BCUT2D eigenvalue weighted by atomic mass is 32.2. The van der Waals surface area contributed by atoms with Gasteiger partial charge in [0.25, 0.3) is 0 Å². The lowest BCUT2D eigenvalue weighted by atomic mass is 10.2. The van der Waals surface area contributed by atoms with Crippen LogP contribution >= 0.6 is 11.8 Å². The summed E-state index contributed by atoms with van der Waals surface area (Å²) in [5.74, 6) is 3.19. The molecule has 0 heterocycles. The molecule has 0 radical (unpaired) electrons. The maximum atomic E-state index is 8.94. The average molecular weight is 233 g/mol. The second kappa shape index (κ2) is 10.8. The summed E-state index contributed by atoms with van der Waals surface area (Å²) in [6.07, 6.45) is 3.31. The largest absolute Gasteiger partial charge is 0.396 e. The third-order valence-electron chi connectivity index (χ3n) is 2.58. The van der Waals surface area contributed by atoms with E-state index in [-0.39, 0.29) is 0 Å². The van der Waals surface area contributed by atoms with Crippen LogP contribution in [-0.4, -0.2) is 35.8 Å². The molecule has 0 aromatic carbocycles. The second-order valence-electron chi connectivity index (χ2n) is 4.21. The van der Waals surface area contributed by atoms with Crippen LogP contribution in [0.2, 0.25) is 0 Å². The number of rotatable bonds is 10. The van der Waals surface area contributed by atoms with Crippen molar-refractivity contribution < 1.29 is 5.11 Å². The molecule has 0 aromatic heterocycles. The fourth-order valence-corrected chi connectivity index (χ4v) is 2.62. The molecule has 0 spiro atoms. The van der Waals surface area contributed by atoms with Gasteiger partial charge < -0.3 is 10.4 Å². The smallest absolute Gasteiger partial charge is 0.0446 e. The quantitative estimate of drug-likeness (QED) is 0.608. The third-order valence-corrected chi connectivity index (χ3v) is 4.02. The number of nitrogens with one attached hydrogen (secondary N) is 1. The third kappa shape index (κ3) is 9.21. The normalized spacial score (nSPS) is 15.2. The van der Waals surface area contributed by atoms with Gasteiger partial charge in [-0.1, -0.05) is 27.2 Å². The summed E-state index contributed by atoms with van der Waals surface area (Å²) in [5.41, 5.74) is 0. The molecule has 0 amide bonds. The van der Waals surface area contributed by atoms with Gasteiger partial charge in [-0.15, -0.1) is 0 Å². The molecule has 15 heavy (non-hydrogen) atoms. The van der Waals surface area contributed by atoms with Crippen LogP contribution in [0.5, 0.6) is 0 Å². The minimum absolute atomic E-state index is 0.297. The SMILES string of the molecule is CCCNC(CCO)CSCC(C)CC. The molecule has 3 heteroatoms. The zero-order valence-corrected chi connectivity index (χ0v) is 11.3. The number of thioether (sulfide) groups is 1. The Balaban J connectivity index is 3.55. The zero-order valence-electron chi connectivity index (χ0n) is 10.5. The maximum absolute atomic E-state index is 8.94. The van der Waals surface area contributed by atoms with Crippen molar-refractivity contribution in [3.05, 3.63) is 0 Å². The number of aliphatic hydroxyl groups is 1. The van der Waals surface area contributed by atoms with Crippen LogP contribution in [0.25, 0.3) is 0 Å². The molecule has 0 aliphatic carbocycles. The van der Waals surface area contributed by atoms with Crippen molar-refractivity contribution in [1.29, 1.82) is 0 Å². The van der Waals surface area contributed by atoms with Crippen molar-refractivity contribution in [3.8, 4) is 0 Å². The van der Waals surface area contributed by atoms with Gasteiger partial charge in [-0.3, -0.25) is 0 Å². The van der Waals surface area contributed by atoms with Crippen molar-refractivity contribution in [2.24, 2.45) is 5.92 Å². The summed E-state index contributed by atoms with van der Waals surface area (Å²) in [5, 5.41) is 12.4. The van der Waals surface area contributed by atoms with E-state index in [1.807, 2.05) is 11.8 Å². The first-order chi connectivity index (χ1) is 7.24. The molecule has 0 fully saturated rings. The molecule has 0 saturated carbocycles. The van der Waals surface area contributed by atoms with Crippen molar-refractivity contribution >= 4 is 11.8 Å². The van der Waals surface area contributed by atoms with Crippen LogP contribution in [0.3, 0.4) is 0 Å². The number of aliphatic hydroxyl groups excluding tert-OH is 1. The van der Waals surface area contributed by atoms with Crippen molar-refractivity contribution in [1.82, 2.24) is 5.32 Å². The topological polar surface area (TPSA) is 32.3 Å². The Morgan fingerprint density at radius 1 is 1.27 bits per heavy atom. The highest BCUT2D eigenvalue weighted by molar-refractivity contribution is 7.99. The van der Waals surface area contributed by atoms with Gasteiger partial charge >= 0.3 is 0 Å². The van der Waals surface area contributed by atoms with Gasteiger partial charge in [0.05, 0.1) is 0 Å². The molecule has 0 aliphatic heterocycles. The lowest BCUT2D eigenvalue weighted by Gasteiger charge is -2.18. The van der Waals surface area contributed by atoms with Crippen LogP contribution < -0.4 is 5.32 Å². The Bertz CT molecular complexity index is 133. The zero-order chi connectivity index (χ0) is 11.5. The van der Waals surface area contributed by atoms with E-state index in [9.17, 15) is 0 Å². The molecular formula is C12H27NOS. The molecule has 0 rings (SSSR count). The molecule has 2 N–H and O–H groups in total. The van der Waals surface area contributed by atoms with Crippen molar-refractivity contribution in [2.75, 3.05) is 24.7 Å². The monoisotopic (exact) mass is 233 g/mol. The molecule has 0 saturated heterocycles. The van der Waals surface area contributed by atoms with Gasteiger partial charge in [0.15, 0.2) is 0 Å². The summed E-state index contributed by atoms with van der Waals surface area (Å²) in [4.78, 5) is 0. The highest BCUT2D eigenvalue weighted by Crippen LogP contribution is 2.13. The van der Waals surface area contributed by atoms with E-state index in [4.69, 9.17) is 5.11 Å². The van der Waals surface area contributed by atoms with E-state index >= 15 is 0 Å². The van der Waals surface area contributed by atoms with E-state index in [1.165, 1.54) is 12.2 Å². The average Bonchev–Trinajstić information content (AvgIpc) is 2.25. The molecule has 92 valence electrons. The van der Waals surface area contributed by atoms with E-state index < -0.39 is 0 Å². The summed E-state index contributed by atoms with van der Waals surface area (Å²) < 4.78 is 0. The Hall–Kier alpha value is 0.270. The minimum Gasteiger partial charge on any atom is -0.396 e. The Labute approximate surface area is 99.2 Å². The lowest BCUT2D eigenvalue weighted by molar-refractivity contribution is 0.270. The first kappa shape index (κ1) is 15.3. The Kier molecular flexibility index (Phi) is 11.0. The van der Waals surface area contributed by atoms with E-state index in [1.54, 1.807) is 0 Å². The van der Waals surface area contributed by atoms with Crippen LogP contribution in [0.1, 0.15) is 40.0 Å². The fraction of sp³-hybridized carbons (Fsp3) is 1.00. The lowest BCUT2D eigenvalue weighted by Crippen LogP contribution is -2.33. The first-order valence-electron chi connectivity index (χ1n) is 6.16. The van der Waals surface area contributed by atoms with Crippen molar-refractivity contribution in [2.45, 2.75) is 46.1 Å². The fourth-order valence-electron chi connectivity index (χ4n) is 1.28. The van der Waals surface area contributed by atoms with E-state index in [2.05, 4.69) is 26.1 Å². The Morgan fingerprint density at radius 2 is 2.00 bits per heavy atom. The standard InChI is InChI=1S/C12H27NOS/c1-4-7-13-12(6-8-14)10-15-9-11(3)5-2/h11-14H,4-10H2,1-3H3. The minimum atomic E-state index is 0.297. The summed E-state index contributed by atoms with van der Waals surface area (Å²) in [6, 6.07) is 0.490. The molecular weight excluding hydrogens is 206 g/mol. The van der Waals surface area contributed by atoms with Gasteiger partial charge in [0.1, 0.15) is 0 Å². The van der Waals surface area contributed by atoms with Gasteiger partial charge in [-0.25, -0.2) is 0 Å². The predicted octanol–water partition coefficient (Wildman–Crippen LogP) is 2.52. The molecule has 2 atom stereocenters.